The van der Waals surface area contributed by atoms with Crippen LogP contribution in [0.2, 0.25) is 0 Å². The van der Waals surface area contributed by atoms with Crippen LogP contribution in [0.15, 0.2) is 35.0 Å². The lowest BCUT2D eigenvalue weighted by Gasteiger charge is -2.11. The number of hydrogen-bond acceptors (Lipinski definition) is 5. The van der Waals surface area contributed by atoms with E-state index in [9.17, 15) is 15.2 Å². The average molecular weight is 250 g/mol. The van der Waals surface area contributed by atoms with Gasteiger partial charge >= 0.3 is 0 Å². The number of phenolic OH excluding ortho intramolecular Hbond substituents is 1. The van der Waals surface area contributed by atoms with Crippen LogP contribution in [0.5, 0.6) is 5.75 Å². The minimum atomic E-state index is -0.554. The predicted octanol–water partition coefficient (Wildman–Crippen LogP) is 2.41. The smallest absolute Gasteiger partial charge is 0.270 e. The average Bonchev–Trinajstić information content (AvgIpc) is 2.81. The Balaban J connectivity index is 2.44. The van der Waals surface area contributed by atoms with Crippen molar-refractivity contribution in [3.8, 4) is 5.75 Å². The summed E-state index contributed by atoms with van der Waals surface area (Å²) in [5.74, 6) is -0.0331. The lowest BCUT2D eigenvalue weighted by molar-refractivity contribution is -0.384. The van der Waals surface area contributed by atoms with E-state index in [1.165, 1.54) is 29.5 Å². The summed E-state index contributed by atoms with van der Waals surface area (Å²) in [6, 6.07) is 5.12. The Morgan fingerprint density at radius 3 is 2.76 bits per heavy atom. The molecule has 0 saturated heterocycles. The maximum absolute atomic E-state index is 10.7. The number of benzene rings is 1. The van der Waals surface area contributed by atoms with Crippen LogP contribution in [-0.2, 0) is 0 Å². The van der Waals surface area contributed by atoms with Crippen molar-refractivity contribution in [1.29, 1.82) is 0 Å². The molecule has 0 fully saturated rings. The van der Waals surface area contributed by atoms with Crippen molar-refractivity contribution in [1.82, 2.24) is 0 Å². The van der Waals surface area contributed by atoms with Crippen molar-refractivity contribution >= 4 is 17.0 Å². The topological polar surface area (TPSA) is 89.4 Å². The number of hydrogen-bond donors (Lipinski definition) is 2. The molecule has 5 nitrogen and oxygen atoms in total. The highest BCUT2D eigenvalue weighted by Gasteiger charge is 2.17. The Kier molecular flexibility index (Phi) is 3.08. The number of non-ortho nitro benzene ring substituents is 1. The summed E-state index contributed by atoms with van der Waals surface area (Å²) < 4.78 is 0. The van der Waals surface area contributed by atoms with Crippen molar-refractivity contribution in [2.45, 2.75) is 6.04 Å². The van der Waals surface area contributed by atoms with Gasteiger partial charge in [-0.3, -0.25) is 10.1 Å². The normalized spacial score (nSPS) is 12.3. The molecule has 0 spiro atoms. The maximum atomic E-state index is 10.7. The van der Waals surface area contributed by atoms with Gasteiger partial charge in [-0.2, -0.15) is 11.3 Å². The minimum absolute atomic E-state index is 0.0331. The Labute approximate surface area is 101 Å². The molecular formula is C11H10N2O3S. The van der Waals surface area contributed by atoms with Gasteiger partial charge in [-0.25, -0.2) is 0 Å². The van der Waals surface area contributed by atoms with Crippen LogP contribution in [0.1, 0.15) is 17.2 Å². The molecule has 0 saturated carbocycles. The third kappa shape index (κ3) is 2.27. The predicted molar refractivity (Wildman–Crippen MR) is 65.1 cm³/mol. The standard InChI is InChI=1S/C11H10N2O3S/c12-11(7-3-4-17-6-7)9-5-8(13(15)16)1-2-10(9)14/h1-6,11,14H,12H2/t11-/m0/s1. The molecule has 2 aromatic rings. The number of phenols is 1. The fraction of sp³-hybridized carbons (Fsp3) is 0.0909. The molecular weight excluding hydrogens is 240 g/mol. The van der Waals surface area contributed by atoms with E-state index in [1.807, 2.05) is 16.8 Å². The fourth-order valence-electron chi connectivity index (χ4n) is 1.54. The Bertz CT molecular complexity index is 540. The van der Waals surface area contributed by atoms with Gasteiger partial charge in [0.05, 0.1) is 11.0 Å². The van der Waals surface area contributed by atoms with Crippen molar-refractivity contribution in [2.24, 2.45) is 5.73 Å². The molecule has 0 aliphatic rings. The summed E-state index contributed by atoms with van der Waals surface area (Å²) in [6.07, 6.45) is 0. The maximum Gasteiger partial charge on any atom is 0.270 e. The van der Waals surface area contributed by atoms with E-state index >= 15 is 0 Å². The molecule has 1 aromatic heterocycles. The highest BCUT2D eigenvalue weighted by Crippen LogP contribution is 2.31. The molecule has 88 valence electrons. The number of nitrogens with two attached hydrogens (primary N) is 1. The first kappa shape index (κ1) is 11.6. The highest BCUT2D eigenvalue weighted by molar-refractivity contribution is 7.08. The second-order valence-corrected chi connectivity index (χ2v) is 4.31. The molecule has 17 heavy (non-hydrogen) atoms. The van der Waals surface area contributed by atoms with E-state index < -0.39 is 11.0 Å². The first-order valence-corrected chi connectivity index (χ1v) is 5.79. The Hall–Kier alpha value is -1.92. The van der Waals surface area contributed by atoms with E-state index in [-0.39, 0.29) is 11.4 Å². The summed E-state index contributed by atoms with van der Waals surface area (Å²) in [6.45, 7) is 0. The third-order valence-electron chi connectivity index (χ3n) is 2.46. The molecule has 3 N–H and O–H groups in total. The number of nitrogens with zero attached hydrogens (tertiary/aromatic N) is 1. The van der Waals surface area contributed by atoms with Gasteiger partial charge in [-0.15, -0.1) is 0 Å². The van der Waals surface area contributed by atoms with Crippen molar-refractivity contribution in [3.05, 3.63) is 56.3 Å². The Morgan fingerprint density at radius 1 is 1.41 bits per heavy atom. The molecule has 1 aromatic carbocycles. The summed E-state index contributed by atoms with van der Waals surface area (Å²) in [4.78, 5) is 10.1. The number of nitro benzene ring substituents is 1. The Morgan fingerprint density at radius 2 is 2.18 bits per heavy atom. The lowest BCUT2D eigenvalue weighted by Crippen LogP contribution is -2.11. The van der Waals surface area contributed by atoms with E-state index in [1.54, 1.807) is 0 Å². The number of aromatic hydroxyl groups is 1. The van der Waals surface area contributed by atoms with Gasteiger partial charge in [-0.05, 0) is 28.5 Å². The van der Waals surface area contributed by atoms with Gasteiger partial charge in [0.2, 0.25) is 0 Å². The molecule has 0 unspecified atom stereocenters. The molecule has 2 rings (SSSR count). The van der Waals surface area contributed by atoms with Crippen molar-refractivity contribution < 1.29 is 10.0 Å². The quantitative estimate of drug-likeness (QED) is 0.646. The molecule has 1 atom stereocenters. The molecule has 1 heterocycles. The highest BCUT2D eigenvalue weighted by atomic mass is 32.1. The first-order chi connectivity index (χ1) is 8.09. The number of thiophene rings is 1. The molecule has 0 aliphatic heterocycles. The fourth-order valence-corrected chi connectivity index (χ4v) is 2.23. The zero-order valence-electron chi connectivity index (χ0n) is 8.74. The second-order valence-electron chi connectivity index (χ2n) is 3.53. The van der Waals surface area contributed by atoms with Crippen LogP contribution in [0.3, 0.4) is 0 Å². The third-order valence-corrected chi connectivity index (χ3v) is 3.16. The van der Waals surface area contributed by atoms with Crippen molar-refractivity contribution in [2.75, 3.05) is 0 Å². The van der Waals surface area contributed by atoms with Crippen LogP contribution < -0.4 is 5.73 Å². The van der Waals surface area contributed by atoms with Crippen LogP contribution in [0, 0.1) is 10.1 Å². The number of nitro groups is 1. The van der Waals surface area contributed by atoms with Gasteiger partial charge in [0.25, 0.3) is 5.69 Å². The molecule has 0 aliphatic carbocycles. The van der Waals surface area contributed by atoms with Crippen LogP contribution >= 0.6 is 11.3 Å². The zero-order valence-corrected chi connectivity index (χ0v) is 9.55. The van der Waals surface area contributed by atoms with Crippen LogP contribution in [0.25, 0.3) is 0 Å². The van der Waals surface area contributed by atoms with Gasteiger partial charge in [0.1, 0.15) is 5.75 Å². The monoisotopic (exact) mass is 250 g/mol. The summed E-state index contributed by atoms with van der Waals surface area (Å²) in [5, 5.41) is 24.1. The molecule has 6 heteroatoms. The number of rotatable bonds is 3. The lowest BCUT2D eigenvalue weighted by atomic mass is 10.0. The van der Waals surface area contributed by atoms with E-state index in [0.29, 0.717) is 5.56 Å². The molecule has 0 radical (unpaired) electrons. The van der Waals surface area contributed by atoms with Crippen LogP contribution in [0.4, 0.5) is 5.69 Å². The van der Waals surface area contributed by atoms with Gasteiger partial charge < -0.3 is 10.8 Å². The molecule has 0 bridgehead atoms. The minimum Gasteiger partial charge on any atom is -0.508 e. The van der Waals surface area contributed by atoms with E-state index in [4.69, 9.17) is 5.73 Å². The van der Waals surface area contributed by atoms with Gasteiger partial charge in [0.15, 0.2) is 0 Å². The largest absolute Gasteiger partial charge is 0.508 e. The summed E-state index contributed by atoms with van der Waals surface area (Å²) in [7, 11) is 0. The zero-order chi connectivity index (χ0) is 12.4. The molecule has 0 amide bonds. The van der Waals surface area contributed by atoms with E-state index in [0.717, 1.165) is 5.56 Å². The second kappa shape index (κ2) is 4.52. The summed E-state index contributed by atoms with van der Waals surface area (Å²) in [5.41, 5.74) is 7.06. The first-order valence-electron chi connectivity index (χ1n) is 4.84. The SMILES string of the molecule is N[C@@H](c1ccsc1)c1cc([N+](=O)[O-])ccc1O. The van der Waals surface area contributed by atoms with Gasteiger partial charge in [-0.1, -0.05) is 0 Å². The van der Waals surface area contributed by atoms with E-state index in [2.05, 4.69) is 0 Å². The summed E-state index contributed by atoms with van der Waals surface area (Å²) >= 11 is 1.48. The van der Waals surface area contributed by atoms with Crippen LogP contribution in [-0.4, -0.2) is 10.0 Å². The van der Waals surface area contributed by atoms with Crippen molar-refractivity contribution in [3.63, 3.8) is 0 Å². The van der Waals surface area contributed by atoms with Gasteiger partial charge in [0, 0.05) is 17.7 Å².